The minimum Gasteiger partial charge on any atom is -0.373 e. The Balaban J connectivity index is 0.00000256. The smallest absolute Gasteiger partial charge is 0.194 e. The summed E-state index contributed by atoms with van der Waals surface area (Å²) in [5, 5.41) is 3.94. The van der Waals surface area contributed by atoms with E-state index in [1.165, 1.54) is 5.56 Å². The van der Waals surface area contributed by atoms with Crippen LogP contribution in [-0.4, -0.2) is 65.7 Å². The second-order valence-electron chi connectivity index (χ2n) is 7.50. The zero-order valence-electron chi connectivity index (χ0n) is 17.2. The monoisotopic (exact) mass is 541 g/mol. The number of guanidine groups is 1. The molecule has 2 saturated heterocycles. The summed E-state index contributed by atoms with van der Waals surface area (Å²) in [6.07, 6.45) is 2.00. The fraction of sp³-hybridized carbons (Fsp3) is 0.455. The number of ether oxygens (including phenoxy) is 1. The molecular weight excluding hydrogens is 513 g/mol. The first kappa shape index (κ1) is 23.2. The van der Waals surface area contributed by atoms with Gasteiger partial charge in [-0.1, -0.05) is 48.0 Å². The van der Waals surface area contributed by atoms with Crippen molar-refractivity contribution in [3.63, 3.8) is 0 Å². The molecule has 2 aliphatic heterocycles. The van der Waals surface area contributed by atoms with E-state index in [4.69, 9.17) is 21.3 Å². The van der Waals surface area contributed by atoms with Gasteiger partial charge in [-0.25, -0.2) is 9.98 Å². The molecule has 2 atom stereocenters. The molecule has 0 bridgehead atoms. The number of aliphatic imine (C=N–C) groups is 1. The van der Waals surface area contributed by atoms with Gasteiger partial charge in [0.1, 0.15) is 5.15 Å². The van der Waals surface area contributed by atoms with E-state index in [1.807, 2.05) is 6.07 Å². The van der Waals surface area contributed by atoms with Gasteiger partial charge in [0.15, 0.2) is 5.96 Å². The van der Waals surface area contributed by atoms with Gasteiger partial charge in [0.2, 0.25) is 0 Å². The number of rotatable bonds is 5. The number of morpholine rings is 1. The van der Waals surface area contributed by atoms with Crippen molar-refractivity contribution in [2.75, 3.05) is 32.8 Å². The predicted octanol–water partition coefficient (Wildman–Crippen LogP) is 3.40. The molecule has 0 aliphatic carbocycles. The summed E-state index contributed by atoms with van der Waals surface area (Å²) < 4.78 is 6.11. The van der Waals surface area contributed by atoms with Crippen molar-refractivity contribution in [2.45, 2.75) is 32.2 Å². The molecule has 0 saturated carbocycles. The number of pyridine rings is 1. The van der Waals surface area contributed by atoms with Gasteiger partial charge >= 0.3 is 0 Å². The lowest BCUT2D eigenvalue weighted by atomic mass is 10.1. The predicted molar refractivity (Wildman–Crippen MR) is 131 cm³/mol. The number of benzene rings is 1. The molecule has 1 N–H and O–H groups in total. The van der Waals surface area contributed by atoms with Crippen molar-refractivity contribution in [3.8, 4) is 0 Å². The highest BCUT2D eigenvalue weighted by molar-refractivity contribution is 14.0. The highest BCUT2D eigenvalue weighted by Gasteiger charge is 2.41. The lowest BCUT2D eigenvalue weighted by molar-refractivity contribution is -0.0502. The normalized spacial score (nSPS) is 21.8. The van der Waals surface area contributed by atoms with Gasteiger partial charge in [-0.2, -0.15) is 0 Å². The number of nitrogens with zero attached hydrogens (tertiary/aromatic N) is 4. The first-order valence-corrected chi connectivity index (χ1v) is 10.6. The highest BCUT2D eigenvalue weighted by Crippen LogP contribution is 2.24. The summed E-state index contributed by atoms with van der Waals surface area (Å²) in [6, 6.07) is 14.8. The molecular formula is C22H29ClIN5O. The molecule has 4 rings (SSSR count). The average Bonchev–Trinajstić information content (AvgIpc) is 3.18. The molecule has 0 radical (unpaired) electrons. The van der Waals surface area contributed by atoms with Crippen LogP contribution in [-0.2, 0) is 17.8 Å². The third kappa shape index (κ3) is 5.84. The van der Waals surface area contributed by atoms with Crippen LogP contribution in [0.2, 0.25) is 5.15 Å². The van der Waals surface area contributed by atoms with Gasteiger partial charge in [-0.15, -0.1) is 24.0 Å². The first-order chi connectivity index (χ1) is 14.2. The number of aromatic nitrogens is 1. The van der Waals surface area contributed by atoms with Crippen molar-refractivity contribution in [2.24, 2.45) is 4.99 Å². The Labute approximate surface area is 200 Å². The molecule has 162 valence electrons. The minimum absolute atomic E-state index is 0. The summed E-state index contributed by atoms with van der Waals surface area (Å²) in [4.78, 5) is 13.9. The quantitative estimate of drug-likeness (QED) is 0.272. The molecule has 2 fully saturated rings. The Morgan fingerprint density at radius 2 is 2.03 bits per heavy atom. The Bertz CT molecular complexity index is 820. The van der Waals surface area contributed by atoms with E-state index in [-0.39, 0.29) is 30.1 Å². The number of fused-ring (bicyclic) bond motifs is 1. The van der Waals surface area contributed by atoms with Crippen LogP contribution >= 0.6 is 35.6 Å². The molecule has 2 unspecified atom stereocenters. The van der Waals surface area contributed by atoms with E-state index in [1.54, 1.807) is 12.3 Å². The Hall–Kier alpha value is -1.42. The van der Waals surface area contributed by atoms with Gasteiger partial charge in [-0.3, -0.25) is 4.90 Å². The molecule has 1 aromatic heterocycles. The zero-order chi connectivity index (χ0) is 20.1. The van der Waals surface area contributed by atoms with E-state index in [0.29, 0.717) is 17.7 Å². The minimum atomic E-state index is 0. The van der Waals surface area contributed by atoms with Crippen LogP contribution in [0, 0.1) is 0 Å². The highest BCUT2D eigenvalue weighted by atomic mass is 127. The van der Waals surface area contributed by atoms with E-state index in [2.05, 4.69) is 57.4 Å². The number of nitrogens with one attached hydrogen (secondary N) is 1. The van der Waals surface area contributed by atoms with Gasteiger partial charge in [0.05, 0.1) is 25.3 Å². The van der Waals surface area contributed by atoms with Crippen LogP contribution < -0.4 is 5.32 Å². The maximum Gasteiger partial charge on any atom is 0.194 e. The summed E-state index contributed by atoms with van der Waals surface area (Å²) in [5.41, 5.74) is 2.39. The summed E-state index contributed by atoms with van der Waals surface area (Å²) in [5.74, 6) is 0.931. The van der Waals surface area contributed by atoms with Crippen molar-refractivity contribution < 1.29 is 4.74 Å². The number of likely N-dealkylation sites (tertiary alicyclic amines) is 1. The Morgan fingerprint density at radius 3 is 2.77 bits per heavy atom. The van der Waals surface area contributed by atoms with Crippen molar-refractivity contribution in [3.05, 3.63) is 64.9 Å². The topological polar surface area (TPSA) is 53.0 Å². The van der Waals surface area contributed by atoms with Gasteiger partial charge in [0.25, 0.3) is 0 Å². The Kier molecular flexibility index (Phi) is 8.73. The third-order valence-corrected chi connectivity index (χ3v) is 5.70. The van der Waals surface area contributed by atoms with E-state index >= 15 is 0 Å². The number of hydrogen-bond donors (Lipinski definition) is 1. The van der Waals surface area contributed by atoms with Crippen molar-refractivity contribution in [1.29, 1.82) is 0 Å². The SMILES string of the molecule is CCNC(=NCc1ccc(Cl)nc1)N1CC2OCCN(Cc3ccccc3)C2C1.I. The van der Waals surface area contributed by atoms with Gasteiger partial charge < -0.3 is 15.0 Å². The fourth-order valence-electron chi connectivity index (χ4n) is 4.04. The van der Waals surface area contributed by atoms with Crippen LogP contribution in [0.15, 0.2) is 53.7 Å². The second-order valence-corrected chi connectivity index (χ2v) is 7.88. The maximum absolute atomic E-state index is 6.11. The van der Waals surface area contributed by atoms with Gasteiger partial charge in [0, 0.05) is 38.9 Å². The summed E-state index contributed by atoms with van der Waals surface area (Å²) in [7, 11) is 0. The first-order valence-electron chi connectivity index (χ1n) is 10.3. The summed E-state index contributed by atoms with van der Waals surface area (Å²) in [6.45, 7) is 8.00. The van der Waals surface area contributed by atoms with E-state index < -0.39 is 0 Å². The Morgan fingerprint density at radius 1 is 1.20 bits per heavy atom. The molecule has 0 amide bonds. The maximum atomic E-state index is 6.11. The zero-order valence-corrected chi connectivity index (χ0v) is 20.3. The van der Waals surface area contributed by atoms with Crippen LogP contribution in [0.4, 0.5) is 0 Å². The van der Waals surface area contributed by atoms with Crippen molar-refractivity contribution in [1.82, 2.24) is 20.1 Å². The van der Waals surface area contributed by atoms with E-state index in [9.17, 15) is 0 Å². The van der Waals surface area contributed by atoms with Crippen LogP contribution in [0.5, 0.6) is 0 Å². The lowest BCUT2D eigenvalue weighted by Crippen LogP contribution is -2.50. The number of halogens is 2. The summed E-state index contributed by atoms with van der Waals surface area (Å²) >= 11 is 5.88. The molecule has 30 heavy (non-hydrogen) atoms. The number of hydrogen-bond acceptors (Lipinski definition) is 4. The lowest BCUT2D eigenvalue weighted by Gasteiger charge is -2.36. The second kappa shape index (κ2) is 11.3. The van der Waals surface area contributed by atoms with Crippen molar-refractivity contribution >= 4 is 41.5 Å². The molecule has 0 spiro atoms. The molecule has 2 aromatic rings. The standard InChI is InChI=1S/C22H28ClN5O.HI/c1-2-24-22(26-13-18-8-9-21(23)25-12-18)28-15-19-20(16-28)29-11-10-27(19)14-17-6-4-3-5-7-17;/h3-9,12,19-20H,2,10-11,13-16H2,1H3,(H,24,26);1H. The molecule has 8 heteroatoms. The average molecular weight is 542 g/mol. The van der Waals surface area contributed by atoms with Crippen LogP contribution in [0.25, 0.3) is 0 Å². The van der Waals surface area contributed by atoms with Crippen LogP contribution in [0.3, 0.4) is 0 Å². The molecule has 3 heterocycles. The fourth-order valence-corrected chi connectivity index (χ4v) is 4.15. The van der Waals surface area contributed by atoms with Crippen LogP contribution in [0.1, 0.15) is 18.1 Å². The van der Waals surface area contributed by atoms with E-state index in [0.717, 1.165) is 50.9 Å². The largest absolute Gasteiger partial charge is 0.373 e. The molecule has 2 aliphatic rings. The third-order valence-electron chi connectivity index (χ3n) is 5.48. The molecule has 1 aromatic carbocycles. The molecule has 6 nitrogen and oxygen atoms in total. The van der Waals surface area contributed by atoms with Gasteiger partial charge in [-0.05, 0) is 24.1 Å².